The molecule has 0 bridgehead atoms. The summed E-state index contributed by atoms with van der Waals surface area (Å²) in [4.78, 5) is 20.3. The third kappa shape index (κ3) is 3.47. The van der Waals surface area contributed by atoms with Crippen molar-refractivity contribution in [3.63, 3.8) is 0 Å². The van der Waals surface area contributed by atoms with Crippen molar-refractivity contribution in [2.75, 3.05) is 0 Å². The summed E-state index contributed by atoms with van der Waals surface area (Å²) in [6, 6.07) is 0. The van der Waals surface area contributed by atoms with Crippen LogP contribution in [0.4, 0.5) is 0 Å². The first-order valence-corrected chi connectivity index (χ1v) is 7.18. The average molecular weight is 191 g/mol. The molecule has 0 aliphatic carbocycles. The minimum Gasteiger partial charge on any atom is -0.481 e. The number of hydrogen-bond acceptors (Lipinski definition) is 3. The standard InChI is InChI=1S/C6H13NO4Si/c1-12(2,3)5(7(10)11)4-6(8)9/h5H,4H2,1-3H3,(H,8,9). The highest BCUT2D eigenvalue weighted by molar-refractivity contribution is 6.77. The van der Waals surface area contributed by atoms with Gasteiger partial charge in [0.1, 0.15) is 14.5 Å². The van der Waals surface area contributed by atoms with Crippen LogP contribution < -0.4 is 0 Å². The molecule has 0 rings (SSSR count). The predicted molar refractivity (Wildman–Crippen MR) is 46.4 cm³/mol. The van der Waals surface area contributed by atoms with E-state index in [0.717, 1.165) is 0 Å². The van der Waals surface area contributed by atoms with Crippen LogP contribution in [-0.2, 0) is 4.79 Å². The first-order chi connectivity index (χ1) is 5.25. The zero-order valence-electron chi connectivity index (χ0n) is 7.40. The second-order valence-corrected chi connectivity index (χ2v) is 9.16. The van der Waals surface area contributed by atoms with Crippen molar-refractivity contribution in [2.45, 2.75) is 31.7 Å². The molecule has 1 atom stereocenters. The molecule has 0 aliphatic heterocycles. The van der Waals surface area contributed by atoms with E-state index >= 15 is 0 Å². The Labute approximate surface area is 71.6 Å². The predicted octanol–water partition coefficient (Wildman–Crippen LogP) is 0.984. The molecular formula is C6H13NO4Si. The first-order valence-electron chi connectivity index (χ1n) is 3.60. The maximum absolute atomic E-state index is 10.5. The number of aliphatic carboxylic acids is 1. The Bertz CT molecular complexity index is 198. The van der Waals surface area contributed by atoms with Crippen molar-refractivity contribution in [3.8, 4) is 0 Å². The van der Waals surface area contributed by atoms with Crippen molar-refractivity contribution in [1.82, 2.24) is 0 Å². The van der Waals surface area contributed by atoms with Crippen molar-refractivity contribution < 1.29 is 14.8 Å². The Balaban J connectivity index is 4.46. The molecule has 0 aromatic heterocycles. The maximum atomic E-state index is 10.5. The van der Waals surface area contributed by atoms with E-state index in [1.54, 1.807) is 19.6 Å². The number of carbonyl (C=O) groups is 1. The number of nitrogens with zero attached hydrogens (tertiary/aromatic N) is 1. The van der Waals surface area contributed by atoms with Gasteiger partial charge in [-0.25, -0.2) is 0 Å². The molecule has 0 fully saturated rings. The Morgan fingerprint density at radius 3 is 2.08 bits per heavy atom. The Kier molecular flexibility index (Phi) is 3.38. The van der Waals surface area contributed by atoms with E-state index < -0.39 is 24.6 Å². The molecule has 0 aromatic carbocycles. The van der Waals surface area contributed by atoms with E-state index in [1.807, 2.05) is 0 Å². The molecule has 0 radical (unpaired) electrons. The van der Waals surface area contributed by atoms with Gasteiger partial charge in [-0.2, -0.15) is 0 Å². The smallest absolute Gasteiger partial charge is 0.309 e. The molecule has 0 heterocycles. The van der Waals surface area contributed by atoms with E-state index in [9.17, 15) is 14.9 Å². The van der Waals surface area contributed by atoms with Crippen LogP contribution in [0.15, 0.2) is 0 Å². The van der Waals surface area contributed by atoms with Crippen LogP contribution in [0.1, 0.15) is 6.42 Å². The first kappa shape index (κ1) is 11.1. The fourth-order valence-corrected chi connectivity index (χ4v) is 2.28. The van der Waals surface area contributed by atoms with Gasteiger partial charge in [-0.3, -0.25) is 14.9 Å². The molecule has 12 heavy (non-hydrogen) atoms. The molecule has 0 amide bonds. The minimum atomic E-state index is -1.99. The normalized spacial score (nSPS) is 13.9. The van der Waals surface area contributed by atoms with Gasteiger partial charge in [-0.05, 0) is 0 Å². The van der Waals surface area contributed by atoms with Gasteiger partial charge in [0.05, 0.1) is 0 Å². The summed E-state index contributed by atoms with van der Waals surface area (Å²) in [5.74, 6) is -1.10. The molecular weight excluding hydrogens is 178 g/mol. The van der Waals surface area contributed by atoms with Gasteiger partial charge >= 0.3 is 5.97 Å². The molecule has 0 spiro atoms. The van der Waals surface area contributed by atoms with Crippen LogP contribution in [-0.4, -0.2) is 29.7 Å². The van der Waals surface area contributed by atoms with E-state index in [2.05, 4.69) is 0 Å². The van der Waals surface area contributed by atoms with E-state index in [-0.39, 0.29) is 6.42 Å². The van der Waals surface area contributed by atoms with Gasteiger partial charge in [-0.1, -0.05) is 19.6 Å². The summed E-state index contributed by atoms with van der Waals surface area (Å²) in [5.41, 5.74) is -0.880. The summed E-state index contributed by atoms with van der Waals surface area (Å²) in [6.07, 6.45) is -0.358. The summed E-state index contributed by atoms with van der Waals surface area (Å²) in [5, 5.41) is 18.9. The van der Waals surface area contributed by atoms with Crippen LogP contribution in [0, 0.1) is 10.1 Å². The van der Waals surface area contributed by atoms with Crippen LogP contribution in [0.2, 0.25) is 19.6 Å². The molecule has 1 N–H and O–H groups in total. The largest absolute Gasteiger partial charge is 0.481 e. The highest BCUT2D eigenvalue weighted by Crippen LogP contribution is 2.13. The lowest BCUT2D eigenvalue weighted by Gasteiger charge is -2.19. The van der Waals surface area contributed by atoms with Crippen molar-refractivity contribution >= 4 is 14.0 Å². The van der Waals surface area contributed by atoms with Crippen LogP contribution in [0.3, 0.4) is 0 Å². The molecule has 5 nitrogen and oxygen atoms in total. The Hall–Kier alpha value is -0.913. The van der Waals surface area contributed by atoms with Gasteiger partial charge in [0.15, 0.2) is 0 Å². The molecule has 0 aliphatic rings. The van der Waals surface area contributed by atoms with Gasteiger partial charge in [0, 0.05) is 4.92 Å². The number of nitro groups is 1. The minimum absolute atomic E-state index is 0.358. The summed E-state index contributed by atoms with van der Waals surface area (Å²) >= 11 is 0. The second kappa shape index (κ2) is 3.66. The Morgan fingerprint density at radius 1 is 1.58 bits per heavy atom. The summed E-state index contributed by atoms with van der Waals surface area (Å²) in [7, 11) is -1.99. The van der Waals surface area contributed by atoms with Crippen LogP contribution in [0.25, 0.3) is 0 Å². The molecule has 0 aromatic rings. The quantitative estimate of drug-likeness (QED) is 0.408. The van der Waals surface area contributed by atoms with E-state index in [0.29, 0.717) is 0 Å². The zero-order valence-corrected chi connectivity index (χ0v) is 8.40. The number of carboxylic acid groups (broad SMARTS) is 1. The van der Waals surface area contributed by atoms with Gasteiger partial charge in [-0.15, -0.1) is 0 Å². The Morgan fingerprint density at radius 2 is 2.00 bits per heavy atom. The van der Waals surface area contributed by atoms with E-state index in [4.69, 9.17) is 5.11 Å². The average Bonchev–Trinajstić information content (AvgIpc) is 1.79. The molecule has 70 valence electrons. The zero-order chi connectivity index (χ0) is 9.94. The van der Waals surface area contributed by atoms with Gasteiger partial charge < -0.3 is 5.11 Å². The SMILES string of the molecule is C[Si](C)(C)C(CC(=O)O)[N+](=O)[O-]. The fraction of sp³-hybridized carbons (Fsp3) is 0.833. The lowest BCUT2D eigenvalue weighted by atomic mass is 10.4. The second-order valence-electron chi connectivity index (χ2n) is 3.77. The van der Waals surface area contributed by atoms with Gasteiger partial charge in [0.2, 0.25) is 5.67 Å². The highest BCUT2D eigenvalue weighted by Gasteiger charge is 2.38. The fourth-order valence-electron chi connectivity index (χ4n) is 0.862. The number of rotatable bonds is 4. The molecule has 0 saturated carbocycles. The monoisotopic (exact) mass is 191 g/mol. The lowest BCUT2D eigenvalue weighted by Crippen LogP contribution is -2.45. The topological polar surface area (TPSA) is 80.4 Å². The third-order valence-corrected chi connectivity index (χ3v) is 4.04. The third-order valence-electron chi connectivity index (χ3n) is 1.62. The summed E-state index contributed by atoms with van der Waals surface area (Å²) < 4.78 is 0. The molecule has 6 heteroatoms. The highest BCUT2D eigenvalue weighted by atomic mass is 28.3. The van der Waals surface area contributed by atoms with Crippen molar-refractivity contribution in [3.05, 3.63) is 10.1 Å². The summed E-state index contributed by atoms with van der Waals surface area (Å²) in [6.45, 7) is 5.39. The van der Waals surface area contributed by atoms with Crippen molar-refractivity contribution in [2.24, 2.45) is 0 Å². The lowest BCUT2D eigenvalue weighted by molar-refractivity contribution is -0.500. The van der Waals surface area contributed by atoms with E-state index in [1.165, 1.54) is 0 Å². The molecule has 0 saturated heterocycles. The van der Waals surface area contributed by atoms with Crippen LogP contribution in [0.5, 0.6) is 0 Å². The number of hydrogen-bond donors (Lipinski definition) is 1. The van der Waals surface area contributed by atoms with Crippen molar-refractivity contribution in [1.29, 1.82) is 0 Å². The maximum Gasteiger partial charge on any atom is 0.309 e. The molecule has 1 unspecified atom stereocenters. The number of carboxylic acids is 1. The van der Waals surface area contributed by atoms with Gasteiger partial charge in [0.25, 0.3) is 0 Å². The van der Waals surface area contributed by atoms with Crippen LogP contribution >= 0.6 is 0 Å².